The van der Waals surface area contributed by atoms with Gasteiger partial charge >= 0.3 is 0 Å². The van der Waals surface area contributed by atoms with Crippen LogP contribution in [-0.2, 0) is 10.0 Å². The van der Waals surface area contributed by atoms with Crippen LogP contribution in [0, 0.1) is 0 Å². The van der Waals surface area contributed by atoms with E-state index in [0.29, 0.717) is 0 Å². The number of sulfonamides is 1. The smallest absolute Gasteiger partial charge is 0.258 e. The van der Waals surface area contributed by atoms with Gasteiger partial charge in [-0.25, -0.2) is 13.6 Å². The Morgan fingerprint density at radius 1 is 1.29 bits per heavy atom. The quantitative estimate of drug-likeness (QED) is 0.558. The lowest BCUT2D eigenvalue weighted by Crippen LogP contribution is -2.31. The highest BCUT2D eigenvalue weighted by atomic mass is 32.2. The van der Waals surface area contributed by atoms with Gasteiger partial charge in [0.2, 0.25) is 10.0 Å². The summed E-state index contributed by atoms with van der Waals surface area (Å²) in [6.45, 7) is -0.203. The Labute approximate surface area is 97.9 Å². The van der Waals surface area contributed by atoms with E-state index in [2.05, 4.69) is 5.32 Å². The molecule has 0 saturated carbocycles. The van der Waals surface area contributed by atoms with E-state index < -0.39 is 33.2 Å². The van der Waals surface area contributed by atoms with Crippen molar-refractivity contribution in [3.63, 3.8) is 0 Å². The van der Waals surface area contributed by atoms with Crippen molar-refractivity contribution in [3.05, 3.63) is 23.8 Å². The van der Waals surface area contributed by atoms with Crippen LogP contribution in [0.1, 0.15) is 10.4 Å². The summed E-state index contributed by atoms with van der Waals surface area (Å²) in [5.74, 6) is -1.98. The van der Waals surface area contributed by atoms with Crippen molar-refractivity contribution in [2.75, 3.05) is 12.3 Å². The molecule has 17 heavy (non-hydrogen) atoms. The van der Waals surface area contributed by atoms with Crippen molar-refractivity contribution in [1.29, 1.82) is 0 Å². The van der Waals surface area contributed by atoms with Gasteiger partial charge in [0.25, 0.3) is 5.91 Å². The lowest BCUT2D eigenvalue weighted by molar-refractivity contribution is 0.0950. The Balaban J connectivity index is 2.71. The zero-order chi connectivity index (χ0) is 13.1. The molecule has 1 rings (SSSR count). The largest absolute Gasteiger partial charge is 0.507 e. The average molecular weight is 260 g/mol. The van der Waals surface area contributed by atoms with E-state index in [9.17, 15) is 23.4 Å². The Bertz CT molecular complexity index is 506. The van der Waals surface area contributed by atoms with Crippen molar-refractivity contribution in [1.82, 2.24) is 5.32 Å². The van der Waals surface area contributed by atoms with Crippen LogP contribution in [0.15, 0.2) is 18.2 Å². The van der Waals surface area contributed by atoms with E-state index in [0.717, 1.165) is 0 Å². The molecule has 0 fully saturated rings. The molecule has 0 radical (unpaired) electrons. The zero-order valence-electron chi connectivity index (χ0n) is 8.75. The number of phenolic OH excluding ortho intramolecular Hbond substituents is 2. The molecule has 0 heterocycles. The van der Waals surface area contributed by atoms with Crippen LogP contribution in [0.2, 0.25) is 0 Å². The van der Waals surface area contributed by atoms with Gasteiger partial charge in [-0.2, -0.15) is 0 Å². The SMILES string of the molecule is NS(=O)(=O)CCNC(=O)c1c(O)cccc1O. The van der Waals surface area contributed by atoms with Crippen LogP contribution < -0.4 is 10.5 Å². The van der Waals surface area contributed by atoms with Crippen LogP contribution in [0.3, 0.4) is 0 Å². The number of nitrogens with one attached hydrogen (secondary N) is 1. The van der Waals surface area contributed by atoms with E-state index in [1.165, 1.54) is 18.2 Å². The van der Waals surface area contributed by atoms with Crippen molar-refractivity contribution >= 4 is 15.9 Å². The number of aromatic hydroxyl groups is 2. The van der Waals surface area contributed by atoms with Gasteiger partial charge in [-0.1, -0.05) is 6.07 Å². The van der Waals surface area contributed by atoms with E-state index in [1.54, 1.807) is 0 Å². The molecule has 8 heteroatoms. The van der Waals surface area contributed by atoms with Gasteiger partial charge in [0, 0.05) is 6.54 Å². The van der Waals surface area contributed by atoms with Gasteiger partial charge in [0.1, 0.15) is 17.1 Å². The summed E-state index contributed by atoms with van der Waals surface area (Å²) in [7, 11) is -3.66. The molecule has 0 saturated heterocycles. The number of rotatable bonds is 4. The minimum Gasteiger partial charge on any atom is -0.507 e. The Morgan fingerprint density at radius 3 is 2.29 bits per heavy atom. The summed E-state index contributed by atoms with van der Waals surface area (Å²) in [5.41, 5.74) is -0.304. The number of primary sulfonamides is 1. The molecule has 0 spiro atoms. The first-order chi connectivity index (χ1) is 7.81. The predicted molar refractivity (Wildman–Crippen MR) is 60.1 cm³/mol. The predicted octanol–water partition coefficient (Wildman–Crippen LogP) is -0.884. The van der Waals surface area contributed by atoms with Crippen molar-refractivity contribution < 1.29 is 23.4 Å². The number of hydrogen-bond donors (Lipinski definition) is 4. The second-order valence-electron chi connectivity index (χ2n) is 3.29. The van der Waals surface area contributed by atoms with E-state index in [1.807, 2.05) is 0 Å². The van der Waals surface area contributed by atoms with E-state index >= 15 is 0 Å². The summed E-state index contributed by atoms with van der Waals surface area (Å²) in [6, 6.07) is 3.83. The first kappa shape index (κ1) is 13.3. The fourth-order valence-electron chi connectivity index (χ4n) is 1.16. The molecule has 1 aromatic rings. The number of nitrogens with two attached hydrogens (primary N) is 1. The third-order valence-electron chi connectivity index (χ3n) is 1.92. The molecule has 0 atom stereocenters. The van der Waals surface area contributed by atoms with Gasteiger partial charge in [0.05, 0.1) is 5.75 Å². The summed E-state index contributed by atoms with van der Waals surface area (Å²) >= 11 is 0. The maximum absolute atomic E-state index is 11.5. The first-order valence-corrected chi connectivity index (χ1v) is 6.32. The van der Waals surface area contributed by atoms with Crippen molar-refractivity contribution in [3.8, 4) is 11.5 Å². The van der Waals surface area contributed by atoms with Crippen LogP contribution >= 0.6 is 0 Å². The molecule has 0 aliphatic heterocycles. The molecule has 94 valence electrons. The Morgan fingerprint density at radius 2 is 1.82 bits per heavy atom. The second kappa shape index (κ2) is 5.02. The van der Waals surface area contributed by atoms with Crippen molar-refractivity contribution in [2.24, 2.45) is 5.14 Å². The average Bonchev–Trinajstić information content (AvgIpc) is 2.15. The molecular formula is C9H12N2O5S. The van der Waals surface area contributed by atoms with E-state index in [4.69, 9.17) is 5.14 Å². The molecular weight excluding hydrogens is 248 g/mol. The number of carbonyl (C=O) groups is 1. The lowest BCUT2D eigenvalue weighted by atomic mass is 10.1. The van der Waals surface area contributed by atoms with Crippen LogP contribution in [0.5, 0.6) is 11.5 Å². The van der Waals surface area contributed by atoms with E-state index in [-0.39, 0.29) is 12.1 Å². The molecule has 1 aromatic carbocycles. The highest BCUT2D eigenvalue weighted by molar-refractivity contribution is 7.89. The molecule has 0 aromatic heterocycles. The minimum atomic E-state index is -3.66. The normalized spacial score (nSPS) is 11.1. The first-order valence-electron chi connectivity index (χ1n) is 4.61. The Kier molecular flexibility index (Phi) is 3.92. The fraction of sp³-hybridized carbons (Fsp3) is 0.222. The highest BCUT2D eigenvalue weighted by Crippen LogP contribution is 2.25. The van der Waals surface area contributed by atoms with Gasteiger partial charge < -0.3 is 15.5 Å². The number of benzene rings is 1. The van der Waals surface area contributed by atoms with Gasteiger partial charge in [-0.3, -0.25) is 4.79 Å². The van der Waals surface area contributed by atoms with Crippen LogP contribution in [0.25, 0.3) is 0 Å². The molecule has 5 N–H and O–H groups in total. The maximum Gasteiger partial charge on any atom is 0.258 e. The highest BCUT2D eigenvalue weighted by Gasteiger charge is 2.15. The number of amides is 1. The van der Waals surface area contributed by atoms with Gasteiger partial charge in [-0.15, -0.1) is 0 Å². The molecule has 0 aliphatic carbocycles. The molecule has 7 nitrogen and oxygen atoms in total. The standard InChI is InChI=1S/C9H12N2O5S/c10-17(15,16)5-4-11-9(14)8-6(12)2-1-3-7(8)13/h1-3,12-13H,4-5H2,(H,11,14)(H2,10,15,16). The maximum atomic E-state index is 11.5. The third kappa shape index (κ3) is 3.93. The van der Waals surface area contributed by atoms with Gasteiger partial charge in [-0.05, 0) is 12.1 Å². The fourth-order valence-corrected chi connectivity index (χ4v) is 1.54. The summed E-state index contributed by atoms with van der Waals surface area (Å²) in [5, 5.41) is 25.7. The van der Waals surface area contributed by atoms with Gasteiger partial charge in [0.15, 0.2) is 0 Å². The van der Waals surface area contributed by atoms with Crippen molar-refractivity contribution in [2.45, 2.75) is 0 Å². The topological polar surface area (TPSA) is 130 Å². The van der Waals surface area contributed by atoms with Crippen LogP contribution in [0.4, 0.5) is 0 Å². The molecule has 0 aliphatic rings. The summed E-state index contributed by atoms with van der Waals surface area (Å²) in [6.07, 6.45) is 0. The zero-order valence-corrected chi connectivity index (χ0v) is 9.57. The minimum absolute atomic E-state index is 0.203. The summed E-state index contributed by atoms with van der Waals surface area (Å²) < 4.78 is 21.2. The summed E-state index contributed by atoms with van der Waals surface area (Å²) in [4.78, 5) is 11.5. The molecule has 0 bridgehead atoms. The third-order valence-corrected chi connectivity index (χ3v) is 2.69. The second-order valence-corrected chi connectivity index (χ2v) is 5.03. The monoisotopic (exact) mass is 260 g/mol. The number of carbonyl (C=O) groups excluding carboxylic acids is 1. The number of phenols is 2. The molecule has 1 amide bonds. The Hall–Kier alpha value is -1.80. The van der Waals surface area contributed by atoms with Crippen LogP contribution in [-0.4, -0.2) is 36.8 Å². The number of hydrogen-bond acceptors (Lipinski definition) is 5. The lowest BCUT2D eigenvalue weighted by Gasteiger charge is -2.07. The molecule has 0 unspecified atom stereocenters.